The van der Waals surface area contributed by atoms with E-state index in [9.17, 15) is 0 Å². The molecular formula is C18H24N6O. The number of anilines is 2. The third kappa shape index (κ3) is 4.24. The second-order valence-electron chi connectivity index (χ2n) is 5.83. The largest absolute Gasteiger partial charge is 0.395 e. The first-order chi connectivity index (χ1) is 12.3. The fraction of sp³-hybridized carbons (Fsp3) is 0.389. The molecule has 7 heteroatoms. The number of aryl methyl sites for hydroxylation is 1. The van der Waals surface area contributed by atoms with Crippen molar-refractivity contribution in [2.75, 3.05) is 23.8 Å². The summed E-state index contributed by atoms with van der Waals surface area (Å²) in [6.45, 7) is 4.19. The highest BCUT2D eigenvalue weighted by molar-refractivity contribution is 5.74. The molecule has 3 rings (SSSR count). The Balaban J connectivity index is 1.87. The number of imidazole rings is 1. The Morgan fingerprint density at radius 2 is 1.96 bits per heavy atom. The number of hydrogen-bond acceptors (Lipinski definition) is 6. The Kier molecular flexibility index (Phi) is 5.79. The standard InChI is InChI=1S/C18H24N6O/c1-2-3-10-24-16-15(13-20-17(23-16)19-9-11-25)22-18(24)21-12-14-7-5-4-6-8-14/h4-8,13,25H,2-3,9-12H2,1H3,(H,21,22)(H,19,20,23). The molecule has 0 amide bonds. The van der Waals surface area contributed by atoms with Crippen LogP contribution in [0.4, 0.5) is 11.9 Å². The van der Waals surface area contributed by atoms with Crippen LogP contribution in [0.1, 0.15) is 25.3 Å². The first-order valence-corrected chi connectivity index (χ1v) is 8.67. The van der Waals surface area contributed by atoms with Gasteiger partial charge in [0, 0.05) is 19.6 Å². The monoisotopic (exact) mass is 340 g/mol. The molecule has 0 fully saturated rings. The van der Waals surface area contributed by atoms with Gasteiger partial charge in [-0.25, -0.2) is 9.97 Å². The smallest absolute Gasteiger partial charge is 0.224 e. The van der Waals surface area contributed by atoms with E-state index in [1.54, 1.807) is 6.20 Å². The zero-order valence-corrected chi connectivity index (χ0v) is 14.4. The fourth-order valence-corrected chi connectivity index (χ4v) is 2.61. The molecule has 0 radical (unpaired) electrons. The van der Waals surface area contributed by atoms with Crippen LogP contribution in [0.5, 0.6) is 0 Å². The summed E-state index contributed by atoms with van der Waals surface area (Å²) < 4.78 is 2.10. The number of aromatic nitrogens is 4. The highest BCUT2D eigenvalue weighted by Crippen LogP contribution is 2.20. The van der Waals surface area contributed by atoms with E-state index in [0.717, 1.165) is 36.5 Å². The van der Waals surface area contributed by atoms with Crippen molar-refractivity contribution in [1.82, 2.24) is 19.5 Å². The zero-order chi connectivity index (χ0) is 17.5. The van der Waals surface area contributed by atoms with Gasteiger partial charge in [-0.2, -0.15) is 4.98 Å². The summed E-state index contributed by atoms with van der Waals surface area (Å²) in [6, 6.07) is 10.2. The van der Waals surface area contributed by atoms with E-state index in [2.05, 4.69) is 49.2 Å². The van der Waals surface area contributed by atoms with Gasteiger partial charge in [-0.15, -0.1) is 0 Å². The van der Waals surface area contributed by atoms with Gasteiger partial charge in [0.15, 0.2) is 5.65 Å². The molecule has 3 N–H and O–H groups in total. The number of aliphatic hydroxyl groups is 1. The van der Waals surface area contributed by atoms with Gasteiger partial charge in [-0.1, -0.05) is 43.7 Å². The molecule has 132 valence electrons. The third-order valence-corrected chi connectivity index (χ3v) is 3.91. The number of nitrogens with zero attached hydrogens (tertiary/aromatic N) is 4. The van der Waals surface area contributed by atoms with Crippen LogP contribution in [0.15, 0.2) is 36.5 Å². The van der Waals surface area contributed by atoms with E-state index < -0.39 is 0 Å². The van der Waals surface area contributed by atoms with E-state index in [1.165, 1.54) is 5.56 Å². The second kappa shape index (κ2) is 8.43. The molecule has 0 aliphatic carbocycles. The van der Waals surface area contributed by atoms with Crippen LogP contribution in [-0.2, 0) is 13.1 Å². The summed E-state index contributed by atoms with van der Waals surface area (Å²) in [5.41, 5.74) is 2.77. The summed E-state index contributed by atoms with van der Waals surface area (Å²) >= 11 is 0. The Hall–Kier alpha value is -2.67. The number of benzene rings is 1. The molecule has 2 heterocycles. The summed E-state index contributed by atoms with van der Waals surface area (Å²) in [7, 11) is 0. The van der Waals surface area contributed by atoms with Gasteiger partial charge in [-0.05, 0) is 12.0 Å². The zero-order valence-electron chi connectivity index (χ0n) is 14.4. The lowest BCUT2D eigenvalue weighted by Gasteiger charge is -2.10. The minimum Gasteiger partial charge on any atom is -0.395 e. The molecule has 3 aromatic rings. The van der Waals surface area contributed by atoms with Crippen LogP contribution >= 0.6 is 0 Å². The van der Waals surface area contributed by atoms with Crippen molar-refractivity contribution in [2.45, 2.75) is 32.9 Å². The summed E-state index contributed by atoms with van der Waals surface area (Å²) in [5.74, 6) is 1.31. The number of unbranched alkanes of at least 4 members (excludes halogenated alkanes) is 1. The van der Waals surface area contributed by atoms with Crippen molar-refractivity contribution in [2.24, 2.45) is 0 Å². The molecule has 0 saturated carbocycles. The lowest BCUT2D eigenvalue weighted by atomic mass is 10.2. The summed E-state index contributed by atoms with van der Waals surface area (Å²) in [5, 5.41) is 15.4. The van der Waals surface area contributed by atoms with Crippen LogP contribution in [0.2, 0.25) is 0 Å². The van der Waals surface area contributed by atoms with Crippen molar-refractivity contribution in [3.8, 4) is 0 Å². The maximum absolute atomic E-state index is 8.95. The molecule has 1 aromatic carbocycles. The van der Waals surface area contributed by atoms with Gasteiger partial charge in [0.1, 0.15) is 5.52 Å². The van der Waals surface area contributed by atoms with E-state index in [0.29, 0.717) is 19.0 Å². The Morgan fingerprint density at radius 3 is 2.72 bits per heavy atom. The third-order valence-electron chi connectivity index (χ3n) is 3.91. The van der Waals surface area contributed by atoms with Crippen LogP contribution in [0.3, 0.4) is 0 Å². The predicted octanol–water partition coefficient (Wildman–Crippen LogP) is 2.64. The van der Waals surface area contributed by atoms with Crippen LogP contribution < -0.4 is 10.6 Å². The second-order valence-corrected chi connectivity index (χ2v) is 5.83. The first-order valence-electron chi connectivity index (χ1n) is 8.67. The number of fused-ring (bicyclic) bond motifs is 1. The highest BCUT2D eigenvalue weighted by Gasteiger charge is 2.13. The van der Waals surface area contributed by atoms with E-state index in [4.69, 9.17) is 5.11 Å². The predicted molar refractivity (Wildman–Crippen MR) is 99.6 cm³/mol. The van der Waals surface area contributed by atoms with Crippen LogP contribution in [-0.4, -0.2) is 37.8 Å². The van der Waals surface area contributed by atoms with Gasteiger partial charge < -0.3 is 15.7 Å². The Morgan fingerprint density at radius 1 is 1.12 bits per heavy atom. The van der Waals surface area contributed by atoms with Crippen LogP contribution in [0, 0.1) is 0 Å². The number of hydrogen-bond donors (Lipinski definition) is 3. The molecule has 7 nitrogen and oxygen atoms in total. The van der Waals surface area contributed by atoms with Crippen molar-refractivity contribution >= 4 is 23.1 Å². The molecule has 2 aromatic heterocycles. The van der Waals surface area contributed by atoms with E-state index in [-0.39, 0.29) is 6.61 Å². The normalized spacial score (nSPS) is 11.0. The first kappa shape index (κ1) is 17.2. The van der Waals surface area contributed by atoms with Gasteiger partial charge >= 0.3 is 0 Å². The van der Waals surface area contributed by atoms with E-state index in [1.807, 2.05) is 18.2 Å². The van der Waals surface area contributed by atoms with Crippen molar-refractivity contribution < 1.29 is 5.11 Å². The average Bonchev–Trinajstić information content (AvgIpc) is 3.00. The summed E-state index contributed by atoms with van der Waals surface area (Å²) in [6.07, 6.45) is 3.87. The van der Waals surface area contributed by atoms with Crippen molar-refractivity contribution in [3.63, 3.8) is 0 Å². The highest BCUT2D eigenvalue weighted by atomic mass is 16.3. The maximum Gasteiger partial charge on any atom is 0.224 e. The van der Waals surface area contributed by atoms with Crippen molar-refractivity contribution in [3.05, 3.63) is 42.1 Å². The molecule has 0 aliphatic rings. The molecule has 0 atom stereocenters. The van der Waals surface area contributed by atoms with Gasteiger partial charge in [0.2, 0.25) is 11.9 Å². The quantitative estimate of drug-likeness (QED) is 0.555. The topological polar surface area (TPSA) is 87.9 Å². The molecule has 0 aliphatic heterocycles. The Labute approximate surface area is 147 Å². The molecule has 0 bridgehead atoms. The number of nitrogens with one attached hydrogen (secondary N) is 2. The van der Waals surface area contributed by atoms with Gasteiger partial charge in [-0.3, -0.25) is 4.57 Å². The number of rotatable bonds is 9. The minimum atomic E-state index is 0.0420. The lowest BCUT2D eigenvalue weighted by molar-refractivity contribution is 0.311. The van der Waals surface area contributed by atoms with Gasteiger partial charge in [0.05, 0.1) is 12.8 Å². The van der Waals surface area contributed by atoms with Crippen molar-refractivity contribution in [1.29, 1.82) is 0 Å². The average molecular weight is 340 g/mol. The SMILES string of the molecule is CCCCn1c(NCc2ccccc2)nc2cnc(NCCO)nc21. The molecule has 0 unspecified atom stereocenters. The minimum absolute atomic E-state index is 0.0420. The molecule has 25 heavy (non-hydrogen) atoms. The molecule has 0 saturated heterocycles. The molecular weight excluding hydrogens is 316 g/mol. The van der Waals surface area contributed by atoms with E-state index >= 15 is 0 Å². The van der Waals surface area contributed by atoms with Crippen LogP contribution in [0.25, 0.3) is 11.2 Å². The fourth-order valence-electron chi connectivity index (χ4n) is 2.61. The number of aliphatic hydroxyl groups excluding tert-OH is 1. The lowest BCUT2D eigenvalue weighted by Crippen LogP contribution is -2.10. The molecule has 0 spiro atoms. The Bertz CT molecular complexity index is 802. The van der Waals surface area contributed by atoms with Gasteiger partial charge in [0.25, 0.3) is 0 Å². The maximum atomic E-state index is 8.95. The summed E-state index contributed by atoms with van der Waals surface area (Å²) in [4.78, 5) is 13.5.